The van der Waals surface area contributed by atoms with Crippen molar-refractivity contribution in [2.75, 3.05) is 43.6 Å². The van der Waals surface area contributed by atoms with Crippen LogP contribution in [0.3, 0.4) is 0 Å². The Bertz CT molecular complexity index is 775. The Kier molecular flexibility index (Phi) is 5.82. The van der Waals surface area contributed by atoms with E-state index in [0.29, 0.717) is 42.7 Å². The van der Waals surface area contributed by atoms with Gasteiger partial charge in [0.1, 0.15) is 11.4 Å². The highest BCUT2D eigenvalue weighted by molar-refractivity contribution is 7.12. The van der Waals surface area contributed by atoms with Crippen molar-refractivity contribution >= 4 is 34.7 Å². The Morgan fingerprint density at radius 2 is 2.31 bits per heavy atom. The second-order valence-corrected chi connectivity index (χ2v) is 6.73. The number of likely N-dealkylation sites (N-methyl/N-ethyl adjacent to an activating group) is 1. The molecule has 0 radical (unpaired) electrons. The van der Waals surface area contributed by atoms with Gasteiger partial charge in [-0.2, -0.15) is 0 Å². The summed E-state index contributed by atoms with van der Waals surface area (Å²) in [4.78, 5) is 30.3. The lowest BCUT2D eigenvalue weighted by molar-refractivity contribution is -0.0837. The minimum absolute atomic E-state index is 0.00760. The van der Waals surface area contributed by atoms with Crippen molar-refractivity contribution in [1.82, 2.24) is 4.98 Å². The number of nitrogens with zero attached hydrogens (tertiary/aromatic N) is 2. The molecule has 2 aromatic rings. The van der Waals surface area contributed by atoms with Crippen LogP contribution >= 0.6 is 11.3 Å². The van der Waals surface area contributed by atoms with Crippen LogP contribution in [0, 0.1) is 0 Å². The van der Waals surface area contributed by atoms with Crippen LogP contribution in [-0.2, 0) is 9.47 Å². The summed E-state index contributed by atoms with van der Waals surface area (Å²) in [7, 11) is 1.75. The zero-order valence-corrected chi connectivity index (χ0v) is 15.0. The number of aromatic nitrogens is 1. The monoisotopic (exact) mass is 377 g/mol. The zero-order chi connectivity index (χ0) is 18.5. The third kappa shape index (κ3) is 4.37. The van der Waals surface area contributed by atoms with E-state index in [9.17, 15) is 14.7 Å². The van der Waals surface area contributed by atoms with E-state index in [1.54, 1.807) is 29.5 Å². The van der Waals surface area contributed by atoms with E-state index in [4.69, 9.17) is 9.47 Å². The van der Waals surface area contributed by atoms with Crippen molar-refractivity contribution in [3.8, 4) is 0 Å². The van der Waals surface area contributed by atoms with Crippen LogP contribution in [0.1, 0.15) is 20.0 Å². The average molecular weight is 377 g/mol. The molecule has 0 saturated carbocycles. The number of carboxylic acid groups (broad SMARTS) is 1. The Morgan fingerprint density at radius 1 is 1.46 bits per heavy atom. The minimum Gasteiger partial charge on any atom is -0.478 e. The van der Waals surface area contributed by atoms with Crippen LogP contribution in [0.2, 0.25) is 0 Å². The Hall–Kier alpha value is -2.49. The third-order valence-corrected chi connectivity index (χ3v) is 4.69. The molecule has 138 valence electrons. The molecule has 1 aliphatic heterocycles. The number of nitrogens with one attached hydrogen (secondary N) is 1. The number of carboxylic acids is 1. The number of hydrogen-bond donors (Lipinski definition) is 2. The molecule has 9 heteroatoms. The van der Waals surface area contributed by atoms with Gasteiger partial charge in [-0.15, -0.1) is 11.3 Å². The Labute approximate surface area is 154 Å². The normalized spacial score (nSPS) is 16.9. The second kappa shape index (κ2) is 8.26. The van der Waals surface area contributed by atoms with Gasteiger partial charge in [0.05, 0.1) is 42.7 Å². The first-order chi connectivity index (χ1) is 12.5. The van der Waals surface area contributed by atoms with Gasteiger partial charge in [0.2, 0.25) is 0 Å². The van der Waals surface area contributed by atoms with Gasteiger partial charge in [-0.3, -0.25) is 4.79 Å². The number of anilines is 2. The van der Waals surface area contributed by atoms with Crippen LogP contribution in [0.25, 0.3) is 0 Å². The number of rotatable bonds is 6. The van der Waals surface area contributed by atoms with Crippen LogP contribution in [0.5, 0.6) is 0 Å². The van der Waals surface area contributed by atoms with Crippen molar-refractivity contribution in [1.29, 1.82) is 0 Å². The van der Waals surface area contributed by atoms with Crippen molar-refractivity contribution < 1.29 is 24.2 Å². The maximum absolute atomic E-state index is 12.1. The summed E-state index contributed by atoms with van der Waals surface area (Å²) in [6.45, 7) is 2.00. The summed E-state index contributed by atoms with van der Waals surface area (Å²) in [6, 6.07) is 4.88. The highest BCUT2D eigenvalue weighted by Gasteiger charge is 2.22. The number of hydrogen-bond acceptors (Lipinski definition) is 7. The van der Waals surface area contributed by atoms with Gasteiger partial charge in [-0.05, 0) is 17.5 Å². The van der Waals surface area contributed by atoms with E-state index in [-0.39, 0.29) is 17.6 Å². The van der Waals surface area contributed by atoms with Crippen molar-refractivity contribution in [2.45, 2.75) is 6.10 Å². The molecule has 0 aliphatic carbocycles. The van der Waals surface area contributed by atoms with Gasteiger partial charge < -0.3 is 24.8 Å². The van der Waals surface area contributed by atoms with Gasteiger partial charge in [0.15, 0.2) is 0 Å². The SMILES string of the molecule is CN(C[C@@H]1COCCO1)c1ncc(NC(=O)c2cccs2)cc1C(=O)O. The fourth-order valence-corrected chi connectivity index (χ4v) is 3.24. The molecule has 3 heterocycles. The molecule has 8 nitrogen and oxygen atoms in total. The molecule has 1 aliphatic rings. The van der Waals surface area contributed by atoms with Crippen molar-refractivity contribution in [3.63, 3.8) is 0 Å². The second-order valence-electron chi connectivity index (χ2n) is 5.78. The summed E-state index contributed by atoms with van der Waals surface area (Å²) in [5.74, 6) is -1.11. The number of pyridine rings is 1. The van der Waals surface area contributed by atoms with Crippen LogP contribution < -0.4 is 10.2 Å². The summed E-state index contributed by atoms with van der Waals surface area (Å²) in [5.41, 5.74) is 0.336. The molecule has 2 aromatic heterocycles. The Balaban J connectivity index is 1.75. The van der Waals surface area contributed by atoms with Gasteiger partial charge >= 0.3 is 5.97 Å². The number of carbonyl (C=O) groups excluding carboxylic acids is 1. The fraction of sp³-hybridized carbons (Fsp3) is 0.353. The number of thiophene rings is 1. The molecule has 1 fully saturated rings. The molecule has 0 spiro atoms. The first-order valence-electron chi connectivity index (χ1n) is 8.03. The summed E-state index contributed by atoms with van der Waals surface area (Å²) < 4.78 is 11.0. The smallest absolute Gasteiger partial charge is 0.339 e. The molecule has 26 heavy (non-hydrogen) atoms. The molecule has 0 aromatic carbocycles. The maximum atomic E-state index is 12.1. The van der Waals surface area contributed by atoms with Crippen molar-refractivity contribution in [2.24, 2.45) is 0 Å². The number of aromatic carboxylic acids is 1. The minimum atomic E-state index is -1.12. The van der Waals surface area contributed by atoms with Gasteiger partial charge in [-0.25, -0.2) is 9.78 Å². The number of amides is 1. The molecule has 1 saturated heterocycles. The largest absolute Gasteiger partial charge is 0.478 e. The van der Waals surface area contributed by atoms with Gasteiger partial charge in [0.25, 0.3) is 5.91 Å². The van der Waals surface area contributed by atoms with E-state index >= 15 is 0 Å². The molecule has 0 unspecified atom stereocenters. The van der Waals surface area contributed by atoms with Crippen LogP contribution in [0.4, 0.5) is 11.5 Å². The van der Waals surface area contributed by atoms with Crippen molar-refractivity contribution in [3.05, 3.63) is 40.2 Å². The standard InChI is InChI=1S/C17H19N3O5S/c1-20(9-12-10-24-4-5-25-12)15-13(17(22)23)7-11(8-18-15)19-16(21)14-3-2-6-26-14/h2-3,6-8,12H,4-5,9-10H2,1H3,(H,19,21)(H,22,23)/t12-/m1/s1. The molecule has 3 rings (SSSR count). The quantitative estimate of drug-likeness (QED) is 0.793. The van der Waals surface area contributed by atoms with Crippen LogP contribution in [0.15, 0.2) is 29.8 Å². The van der Waals surface area contributed by atoms with Gasteiger partial charge in [-0.1, -0.05) is 6.07 Å². The molecule has 2 N–H and O–H groups in total. The molecule has 1 atom stereocenters. The lowest BCUT2D eigenvalue weighted by Gasteiger charge is -2.28. The topological polar surface area (TPSA) is 101 Å². The lowest BCUT2D eigenvalue weighted by atomic mass is 10.2. The zero-order valence-electron chi connectivity index (χ0n) is 14.2. The molecule has 1 amide bonds. The summed E-state index contributed by atoms with van der Waals surface area (Å²) >= 11 is 1.31. The van der Waals surface area contributed by atoms with Crippen LogP contribution in [-0.4, -0.2) is 61.5 Å². The predicted molar refractivity (Wildman–Crippen MR) is 97.3 cm³/mol. The van der Waals surface area contributed by atoms with E-state index in [1.165, 1.54) is 23.6 Å². The molecular formula is C17H19N3O5S. The molecular weight excluding hydrogens is 358 g/mol. The number of carbonyl (C=O) groups is 2. The summed E-state index contributed by atoms with van der Waals surface area (Å²) in [5, 5.41) is 14.0. The predicted octanol–water partition coefficient (Wildman–Crippen LogP) is 1.95. The van der Waals surface area contributed by atoms with Gasteiger partial charge in [0, 0.05) is 13.6 Å². The highest BCUT2D eigenvalue weighted by Crippen LogP contribution is 2.22. The maximum Gasteiger partial charge on any atom is 0.339 e. The van der Waals surface area contributed by atoms with E-state index in [0.717, 1.165) is 0 Å². The lowest BCUT2D eigenvalue weighted by Crippen LogP contribution is -2.39. The molecule has 0 bridgehead atoms. The third-order valence-electron chi connectivity index (χ3n) is 3.82. The first kappa shape index (κ1) is 18.3. The summed E-state index contributed by atoms with van der Waals surface area (Å²) in [6.07, 6.45) is 1.30. The first-order valence-corrected chi connectivity index (χ1v) is 8.91. The Morgan fingerprint density at radius 3 is 2.96 bits per heavy atom. The average Bonchev–Trinajstić information content (AvgIpc) is 3.17. The van der Waals surface area contributed by atoms with E-state index < -0.39 is 5.97 Å². The van der Waals surface area contributed by atoms with E-state index in [2.05, 4.69) is 10.3 Å². The number of ether oxygens (including phenoxy) is 2. The highest BCUT2D eigenvalue weighted by atomic mass is 32.1. The van der Waals surface area contributed by atoms with E-state index in [1.807, 2.05) is 0 Å². The fourth-order valence-electron chi connectivity index (χ4n) is 2.62.